The molecule has 1 unspecified atom stereocenters. The van der Waals surface area contributed by atoms with Crippen molar-refractivity contribution in [2.24, 2.45) is 11.1 Å². The molecule has 2 rings (SSSR count). The molecule has 1 aliphatic rings. The number of halogens is 1. The van der Waals surface area contributed by atoms with E-state index in [2.05, 4.69) is 6.07 Å². The molecule has 0 aromatic heterocycles. The minimum atomic E-state index is -0.349. The van der Waals surface area contributed by atoms with Crippen molar-refractivity contribution in [1.29, 1.82) is 5.26 Å². The van der Waals surface area contributed by atoms with Crippen molar-refractivity contribution >= 4 is 0 Å². The summed E-state index contributed by atoms with van der Waals surface area (Å²) in [5.74, 6) is -0.0819. The third-order valence-electron chi connectivity index (χ3n) is 3.96. The Hall–Kier alpha value is -1.60. The van der Waals surface area contributed by atoms with Crippen molar-refractivity contribution in [3.05, 3.63) is 29.6 Å². The summed E-state index contributed by atoms with van der Waals surface area (Å²) in [4.78, 5) is 0. The van der Waals surface area contributed by atoms with E-state index in [-0.39, 0.29) is 23.0 Å². The molecule has 4 heteroatoms. The van der Waals surface area contributed by atoms with E-state index in [0.29, 0.717) is 19.4 Å². The van der Waals surface area contributed by atoms with Crippen molar-refractivity contribution in [2.75, 3.05) is 6.61 Å². The van der Waals surface area contributed by atoms with Gasteiger partial charge >= 0.3 is 0 Å². The smallest absolute Gasteiger partial charge is 0.165 e. The molecule has 0 aliphatic heterocycles. The zero-order valence-electron chi connectivity index (χ0n) is 11.9. The van der Waals surface area contributed by atoms with Crippen LogP contribution < -0.4 is 10.5 Å². The van der Waals surface area contributed by atoms with Gasteiger partial charge in [0, 0.05) is 17.9 Å². The van der Waals surface area contributed by atoms with E-state index in [1.54, 1.807) is 6.07 Å². The number of benzene rings is 1. The number of rotatable bonds is 7. The quantitative estimate of drug-likeness (QED) is 0.832. The van der Waals surface area contributed by atoms with E-state index >= 15 is 0 Å². The lowest BCUT2D eigenvalue weighted by Gasteiger charge is -2.14. The lowest BCUT2D eigenvalue weighted by molar-refractivity contribution is 0.227. The average molecular weight is 276 g/mol. The topological polar surface area (TPSA) is 59.0 Å². The molecule has 1 fully saturated rings. The molecule has 1 aliphatic carbocycles. The summed E-state index contributed by atoms with van der Waals surface area (Å²) in [5, 5.41) is 8.75. The lowest BCUT2D eigenvalue weighted by atomic mass is 10.0. The second-order valence-electron chi connectivity index (χ2n) is 5.76. The molecule has 0 bridgehead atoms. The van der Waals surface area contributed by atoms with Crippen LogP contribution in [0.5, 0.6) is 5.75 Å². The Kier molecular flexibility index (Phi) is 4.61. The molecule has 0 heterocycles. The van der Waals surface area contributed by atoms with Gasteiger partial charge in [0.1, 0.15) is 0 Å². The zero-order chi connectivity index (χ0) is 14.6. The summed E-state index contributed by atoms with van der Waals surface area (Å²) >= 11 is 0. The maximum Gasteiger partial charge on any atom is 0.165 e. The SMILES string of the molecule is CCC(N)Cc1ccc(OCC2(CC#N)CC2)c(F)c1. The minimum Gasteiger partial charge on any atom is -0.490 e. The van der Waals surface area contributed by atoms with Gasteiger partial charge in [0.25, 0.3) is 0 Å². The van der Waals surface area contributed by atoms with Gasteiger partial charge < -0.3 is 10.5 Å². The summed E-state index contributed by atoms with van der Waals surface area (Å²) < 4.78 is 19.5. The van der Waals surface area contributed by atoms with Gasteiger partial charge in [0.2, 0.25) is 0 Å². The van der Waals surface area contributed by atoms with Gasteiger partial charge in [-0.25, -0.2) is 4.39 Å². The molecule has 20 heavy (non-hydrogen) atoms. The number of nitrogens with zero attached hydrogens (tertiary/aromatic N) is 1. The molecule has 1 aromatic carbocycles. The Balaban J connectivity index is 1.94. The van der Waals surface area contributed by atoms with Gasteiger partial charge in [-0.2, -0.15) is 5.26 Å². The predicted molar refractivity (Wildman–Crippen MR) is 75.8 cm³/mol. The normalized spacial score (nSPS) is 17.3. The first-order chi connectivity index (χ1) is 9.58. The van der Waals surface area contributed by atoms with Crippen LogP contribution >= 0.6 is 0 Å². The number of nitrogens with two attached hydrogens (primary N) is 1. The monoisotopic (exact) mass is 276 g/mol. The Morgan fingerprint density at radius 3 is 2.80 bits per heavy atom. The second kappa shape index (κ2) is 6.23. The van der Waals surface area contributed by atoms with Crippen LogP contribution in [0.4, 0.5) is 4.39 Å². The maximum absolute atomic E-state index is 14.0. The van der Waals surface area contributed by atoms with Crippen LogP contribution in [0, 0.1) is 22.6 Å². The van der Waals surface area contributed by atoms with Crippen LogP contribution in [-0.4, -0.2) is 12.6 Å². The van der Waals surface area contributed by atoms with E-state index in [1.807, 2.05) is 13.0 Å². The fraction of sp³-hybridized carbons (Fsp3) is 0.562. The van der Waals surface area contributed by atoms with E-state index in [4.69, 9.17) is 15.7 Å². The maximum atomic E-state index is 14.0. The number of hydrogen-bond acceptors (Lipinski definition) is 3. The Labute approximate surface area is 119 Å². The fourth-order valence-electron chi connectivity index (χ4n) is 2.18. The molecule has 0 saturated heterocycles. The van der Waals surface area contributed by atoms with Gasteiger partial charge in [0.15, 0.2) is 11.6 Å². The molecule has 1 saturated carbocycles. The highest BCUT2D eigenvalue weighted by atomic mass is 19.1. The molecular weight excluding hydrogens is 255 g/mol. The van der Waals surface area contributed by atoms with Gasteiger partial charge in [-0.15, -0.1) is 0 Å². The van der Waals surface area contributed by atoms with Crippen molar-refractivity contribution in [2.45, 2.75) is 45.1 Å². The molecule has 3 nitrogen and oxygen atoms in total. The molecular formula is C16H21FN2O. The molecule has 1 aromatic rings. The minimum absolute atomic E-state index is 0.0373. The number of nitriles is 1. The molecule has 2 N–H and O–H groups in total. The summed E-state index contributed by atoms with van der Waals surface area (Å²) in [5.41, 5.74) is 6.72. The molecule has 0 spiro atoms. The second-order valence-corrected chi connectivity index (χ2v) is 5.76. The summed E-state index contributed by atoms with van der Waals surface area (Å²) in [6.07, 6.45) is 4.01. The Morgan fingerprint density at radius 1 is 1.50 bits per heavy atom. The standard InChI is InChI=1S/C16H21FN2O/c1-2-13(19)9-12-3-4-15(14(17)10-12)20-11-16(5-6-16)7-8-18/h3-4,10,13H,2,5-7,9,11,19H2,1H3. The molecule has 108 valence electrons. The van der Waals surface area contributed by atoms with Crippen LogP contribution in [0.1, 0.15) is 38.2 Å². The highest BCUT2D eigenvalue weighted by Crippen LogP contribution is 2.48. The van der Waals surface area contributed by atoms with E-state index in [9.17, 15) is 4.39 Å². The van der Waals surface area contributed by atoms with Crippen LogP contribution in [0.25, 0.3) is 0 Å². The summed E-state index contributed by atoms with van der Waals surface area (Å²) in [6.45, 7) is 2.44. The van der Waals surface area contributed by atoms with Crippen LogP contribution in [0.15, 0.2) is 18.2 Å². The van der Waals surface area contributed by atoms with Crippen molar-refractivity contribution < 1.29 is 9.13 Å². The lowest BCUT2D eigenvalue weighted by Crippen LogP contribution is -2.21. The predicted octanol–water partition coefficient (Wildman–Crippen LogP) is 3.18. The van der Waals surface area contributed by atoms with Crippen molar-refractivity contribution in [3.63, 3.8) is 0 Å². The summed E-state index contributed by atoms with van der Waals surface area (Å²) in [6, 6.07) is 7.25. The first kappa shape index (κ1) is 14.8. The van der Waals surface area contributed by atoms with Crippen LogP contribution in [0.3, 0.4) is 0 Å². The van der Waals surface area contributed by atoms with Crippen LogP contribution in [-0.2, 0) is 6.42 Å². The van der Waals surface area contributed by atoms with E-state index in [1.165, 1.54) is 6.07 Å². The van der Waals surface area contributed by atoms with Crippen LogP contribution in [0.2, 0.25) is 0 Å². The Bertz CT molecular complexity index is 506. The first-order valence-corrected chi connectivity index (χ1v) is 7.12. The Morgan fingerprint density at radius 2 is 2.25 bits per heavy atom. The van der Waals surface area contributed by atoms with Crippen molar-refractivity contribution in [1.82, 2.24) is 0 Å². The van der Waals surface area contributed by atoms with Gasteiger partial charge in [-0.05, 0) is 43.4 Å². The third-order valence-corrected chi connectivity index (χ3v) is 3.96. The van der Waals surface area contributed by atoms with Crippen molar-refractivity contribution in [3.8, 4) is 11.8 Å². The molecule has 0 radical (unpaired) electrons. The van der Waals surface area contributed by atoms with E-state index < -0.39 is 0 Å². The average Bonchev–Trinajstić information content (AvgIpc) is 3.18. The van der Waals surface area contributed by atoms with Gasteiger partial charge in [-0.3, -0.25) is 0 Å². The highest BCUT2D eigenvalue weighted by molar-refractivity contribution is 5.30. The number of hydrogen-bond donors (Lipinski definition) is 1. The third kappa shape index (κ3) is 3.71. The summed E-state index contributed by atoms with van der Waals surface area (Å²) in [7, 11) is 0. The highest BCUT2D eigenvalue weighted by Gasteiger charge is 2.43. The number of ether oxygens (including phenoxy) is 1. The van der Waals surface area contributed by atoms with Gasteiger partial charge in [0.05, 0.1) is 12.7 Å². The van der Waals surface area contributed by atoms with E-state index in [0.717, 1.165) is 24.8 Å². The molecule has 1 atom stereocenters. The molecule has 0 amide bonds. The fourth-order valence-corrected chi connectivity index (χ4v) is 2.18. The first-order valence-electron chi connectivity index (χ1n) is 7.12. The van der Waals surface area contributed by atoms with Gasteiger partial charge in [-0.1, -0.05) is 13.0 Å². The largest absolute Gasteiger partial charge is 0.490 e. The zero-order valence-corrected chi connectivity index (χ0v) is 11.9.